The van der Waals surface area contributed by atoms with Gasteiger partial charge in [0, 0.05) is 11.4 Å². The van der Waals surface area contributed by atoms with Gasteiger partial charge in [-0.1, -0.05) is 5.16 Å². The second kappa shape index (κ2) is 6.29. The number of benzene rings is 1. The van der Waals surface area contributed by atoms with Crippen LogP contribution in [0.25, 0.3) is 22.8 Å². The summed E-state index contributed by atoms with van der Waals surface area (Å²) in [5, 5.41) is 8.09. The molecular weight excluding hydrogens is 316 g/mol. The van der Waals surface area contributed by atoms with E-state index in [2.05, 4.69) is 10.1 Å². The van der Waals surface area contributed by atoms with Gasteiger partial charge in [0.25, 0.3) is 5.89 Å². The minimum absolute atomic E-state index is 0.434. The summed E-state index contributed by atoms with van der Waals surface area (Å²) in [5.41, 5.74) is 2.71. The van der Waals surface area contributed by atoms with Crippen molar-refractivity contribution < 1.29 is 18.7 Å². The number of hydrogen-bond donors (Lipinski definition) is 0. The van der Waals surface area contributed by atoms with Crippen LogP contribution in [0.5, 0.6) is 17.2 Å². The highest BCUT2D eigenvalue weighted by Gasteiger charge is 2.19. The summed E-state index contributed by atoms with van der Waals surface area (Å²) in [6.45, 7) is 2.01. The Morgan fingerprint density at radius 2 is 1.61 bits per heavy atom. The van der Waals surface area contributed by atoms with Gasteiger partial charge in [0.1, 0.15) is 5.75 Å². The lowest BCUT2D eigenvalue weighted by Gasteiger charge is -2.12. The first-order valence-electron chi connectivity index (χ1n) is 6.85. The van der Waals surface area contributed by atoms with Crippen molar-refractivity contribution in [2.24, 2.45) is 0 Å². The Labute approximate surface area is 137 Å². The summed E-state index contributed by atoms with van der Waals surface area (Å²) >= 11 is 1.60. The largest absolute Gasteiger partial charge is 0.496 e. The molecule has 0 fully saturated rings. The highest BCUT2D eigenvalue weighted by molar-refractivity contribution is 7.08. The van der Waals surface area contributed by atoms with Crippen LogP contribution in [0.2, 0.25) is 0 Å². The topological polar surface area (TPSA) is 66.6 Å². The molecule has 7 heteroatoms. The summed E-state index contributed by atoms with van der Waals surface area (Å²) < 4.78 is 21.4. The maximum atomic E-state index is 5.41. The van der Waals surface area contributed by atoms with Crippen LogP contribution in [0.4, 0.5) is 0 Å². The molecule has 0 amide bonds. The summed E-state index contributed by atoms with van der Waals surface area (Å²) in [6.07, 6.45) is 0. The molecule has 120 valence electrons. The highest BCUT2D eigenvalue weighted by Crippen LogP contribution is 2.39. The van der Waals surface area contributed by atoms with Crippen LogP contribution in [0, 0.1) is 6.92 Å². The van der Waals surface area contributed by atoms with Gasteiger partial charge in [0.15, 0.2) is 11.5 Å². The molecule has 3 rings (SSSR count). The second-order valence-corrected chi connectivity index (χ2v) is 5.54. The fourth-order valence-electron chi connectivity index (χ4n) is 2.23. The molecule has 0 atom stereocenters. The van der Waals surface area contributed by atoms with Crippen molar-refractivity contribution in [2.75, 3.05) is 21.3 Å². The molecule has 0 saturated heterocycles. The molecule has 0 radical (unpaired) electrons. The summed E-state index contributed by atoms with van der Waals surface area (Å²) in [6, 6.07) is 3.51. The second-order valence-electron chi connectivity index (χ2n) is 4.80. The Hall–Kier alpha value is -2.54. The average molecular weight is 332 g/mol. The van der Waals surface area contributed by atoms with Crippen LogP contribution in [-0.2, 0) is 0 Å². The van der Waals surface area contributed by atoms with Crippen molar-refractivity contribution in [3.05, 3.63) is 28.5 Å². The van der Waals surface area contributed by atoms with Crippen LogP contribution in [0.1, 0.15) is 5.56 Å². The number of hydrogen-bond acceptors (Lipinski definition) is 7. The highest BCUT2D eigenvalue weighted by atomic mass is 32.1. The predicted octanol–water partition coefficient (Wildman–Crippen LogP) is 3.80. The van der Waals surface area contributed by atoms with E-state index >= 15 is 0 Å². The SMILES string of the molecule is COc1cc(OC)c(-c2noc(-c3cscc3C)n2)cc1OC. The Morgan fingerprint density at radius 3 is 2.22 bits per heavy atom. The van der Waals surface area contributed by atoms with Gasteiger partial charge in [-0.3, -0.25) is 0 Å². The average Bonchev–Trinajstić information content (AvgIpc) is 3.22. The number of aryl methyl sites for hydroxylation is 1. The number of ether oxygens (including phenoxy) is 3. The summed E-state index contributed by atoms with van der Waals surface area (Å²) in [7, 11) is 4.72. The van der Waals surface area contributed by atoms with E-state index in [1.807, 2.05) is 17.7 Å². The molecule has 1 aromatic carbocycles. The number of methoxy groups -OCH3 is 3. The van der Waals surface area contributed by atoms with Gasteiger partial charge >= 0.3 is 0 Å². The zero-order chi connectivity index (χ0) is 16.4. The predicted molar refractivity (Wildman–Crippen MR) is 87.4 cm³/mol. The van der Waals surface area contributed by atoms with Gasteiger partial charge in [0.2, 0.25) is 5.82 Å². The molecule has 0 unspecified atom stereocenters. The molecule has 0 aliphatic carbocycles. The van der Waals surface area contributed by atoms with Crippen molar-refractivity contribution in [3.63, 3.8) is 0 Å². The van der Waals surface area contributed by atoms with E-state index in [4.69, 9.17) is 18.7 Å². The van der Waals surface area contributed by atoms with Crippen molar-refractivity contribution in [1.82, 2.24) is 10.1 Å². The molecule has 3 aromatic rings. The van der Waals surface area contributed by atoms with Gasteiger partial charge in [-0.2, -0.15) is 16.3 Å². The molecule has 0 aliphatic rings. The van der Waals surface area contributed by atoms with Crippen molar-refractivity contribution in [1.29, 1.82) is 0 Å². The van der Waals surface area contributed by atoms with Crippen LogP contribution >= 0.6 is 11.3 Å². The first kappa shape index (κ1) is 15.4. The molecule has 2 heterocycles. The van der Waals surface area contributed by atoms with Crippen LogP contribution in [0.15, 0.2) is 27.4 Å². The molecule has 0 N–H and O–H groups in total. The Bertz CT molecular complexity index is 825. The third kappa shape index (κ3) is 2.75. The van der Waals surface area contributed by atoms with E-state index < -0.39 is 0 Å². The molecule has 0 bridgehead atoms. The van der Waals surface area contributed by atoms with Crippen molar-refractivity contribution >= 4 is 11.3 Å². The first-order valence-corrected chi connectivity index (χ1v) is 7.79. The van der Waals surface area contributed by atoms with Crippen LogP contribution < -0.4 is 14.2 Å². The number of nitrogens with zero attached hydrogens (tertiary/aromatic N) is 2. The third-order valence-electron chi connectivity index (χ3n) is 3.46. The molecule has 0 aliphatic heterocycles. The lowest BCUT2D eigenvalue weighted by molar-refractivity contribution is 0.349. The maximum Gasteiger partial charge on any atom is 0.259 e. The quantitative estimate of drug-likeness (QED) is 0.708. The van der Waals surface area contributed by atoms with E-state index in [0.717, 1.165) is 11.1 Å². The minimum Gasteiger partial charge on any atom is -0.496 e. The van der Waals surface area contributed by atoms with Gasteiger partial charge in [-0.05, 0) is 23.9 Å². The Balaban J connectivity index is 2.08. The van der Waals surface area contributed by atoms with E-state index in [9.17, 15) is 0 Å². The minimum atomic E-state index is 0.434. The van der Waals surface area contributed by atoms with Crippen molar-refractivity contribution in [3.8, 4) is 40.1 Å². The molecule has 0 saturated carbocycles. The lowest BCUT2D eigenvalue weighted by Crippen LogP contribution is -1.95. The first-order chi connectivity index (χ1) is 11.2. The fourth-order valence-corrected chi connectivity index (χ4v) is 3.05. The molecule has 6 nitrogen and oxygen atoms in total. The monoisotopic (exact) mass is 332 g/mol. The van der Waals surface area contributed by atoms with E-state index in [0.29, 0.717) is 34.5 Å². The molecule has 23 heavy (non-hydrogen) atoms. The van der Waals surface area contributed by atoms with Crippen LogP contribution in [0.3, 0.4) is 0 Å². The number of rotatable bonds is 5. The van der Waals surface area contributed by atoms with Gasteiger partial charge in [0.05, 0.1) is 32.5 Å². The van der Waals surface area contributed by atoms with E-state index in [1.54, 1.807) is 44.8 Å². The van der Waals surface area contributed by atoms with E-state index in [-0.39, 0.29) is 0 Å². The van der Waals surface area contributed by atoms with Crippen molar-refractivity contribution in [2.45, 2.75) is 6.92 Å². The third-order valence-corrected chi connectivity index (χ3v) is 4.32. The summed E-state index contributed by atoms with van der Waals surface area (Å²) in [5.74, 6) is 2.64. The van der Waals surface area contributed by atoms with E-state index in [1.165, 1.54) is 0 Å². The lowest BCUT2D eigenvalue weighted by atomic mass is 10.1. The maximum absolute atomic E-state index is 5.41. The fraction of sp³-hybridized carbons (Fsp3) is 0.250. The molecule has 2 aromatic heterocycles. The zero-order valence-corrected chi connectivity index (χ0v) is 14.1. The number of aromatic nitrogens is 2. The standard InChI is InChI=1S/C16H16N2O4S/c1-9-7-23-8-11(9)16-17-15(18-22-16)10-5-13(20-3)14(21-4)6-12(10)19-2/h5-8H,1-4H3. The van der Waals surface area contributed by atoms with Gasteiger partial charge in [-0.15, -0.1) is 0 Å². The number of thiophene rings is 1. The summed E-state index contributed by atoms with van der Waals surface area (Å²) in [4.78, 5) is 4.48. The van der Waals surface area contributed by atoms with Crippen LogP contribution in [-0.4, -0.2) is 31.5 Å². The molecular formula is C16H16N2O4S. The zero-order valence-electron chi connectivity index (χ0n) is 13.2. The Kier molecular flexibility index (Phi) is 4.20. The smallest absolute Gasteiger partial charge is 0.259 e. The molecule has 0 spiro atoms. The normalized spacial score (nSPS) is 10.6. The Morgan fingerprint density at radius 1 is 0.913 bits per heavy atom. The van der Waals surface area contributed by atoms with Gasteiger partial charge < -0.3 is 18.7 Å². The van der Waals surface area contributed by atoms with Gasteiger partial charge in [-0.25, -0.2) is 0 Å².